The second-order valence-electron chi connectivity index (χ2n) is 4.80. The van der Waals surface area contributed by atoms with E-state index in [4.69, 9.17) is 0 Å². The van der Waals surface area contributed by atoms with Crippen molar-refractivity contribution < 1.29 is 4.79 Å². The molecule has 1 N–H and O–H groups in total. The van der Waals surface area contributed by atoms with Crippen LogP contribution in [-0.4, -0.2) is 20.5 Å². The molecule has 0 atom stereocenters. The van der Waals surface area contributed by atoms with Gasteiger partial charge in [0.1, 0.15) is 5.69 Å². The van der Waals surface area contributed by atoms with E-state index in [1.807, 2.05) is 49.5 Å². The molecule has 0 fully saturated rings. The van der Waals surface area contributed by atoms with Crippen molar-refractivity contribution >= 4 is 11.9 Å². The van der Waals surface area contributed by atoms with Gasteiger partial charge in [-0.15, -0.1) is 0 Å². The first-order valence-electron chi connectivity index (χ1n) is 6.71. The summed E-state index contributed by atoms with van der Waals surface area (Å²) in [6, 6.07) is 13.5. The zero-order valence-corrected chi connectivity index (χ0v) is 11.7. The van der Waals surface area contributed by atoms with Gasteiger partial charge >= 0.3 is 0 Å². The molecular formula is C17H15N3O. The zero-order valence-electron chi connectivity index (χ0n) is 11.7. The molecule has 0 aliphatic carbocycles. The SMILES string of the molecule is Cc1ccc(-n2ccc(C(=O)/C=C/c3ccc[nH]3)n2)cc1. The number of nitrogens with one attached hydrogen (secondary N) is 1. The maximum absolute atomic E-state index is 12.1. The first-order valence-corrected chi connectivity index (χ1v) is 6.71. The van der Waals surface area contributed by atoms with Crippen molar-refractivity contribution in [2.75, 3.05) is 0 Å². The molecule has 21 heavy (non-hydrogen) atoms. The van der Waals surface area contributed by atoms with Crippen LogP contribution in [0.5, 0.6) is 0 Å². The van der Waals surface area contributed by atoms with Crippen LogP contribution < -0.4 is 0 Å². The Labute approximate surface area is 122 Å². The zero-order chi connectivity index (χ0) is 14.7. The minimum Gasteiger partial charge on any atom is -0.362 e. The average Bonchev–Trinajstić information content (AvgIpc) is 3.17. The van der Waals surface area contributed by atoms with Crippen LogP contribution >= 0.6 is 0 Å². The summed E-state index contributed by atoms with van der Waals surface area (Å²) >= 11 is 0. The molecule has 2 heterocycles. The summed E-state index contributed by atoms with van der Waals surface area (Å²) < 4.78 is 1.70. The topological polar surface area (TPSA) is 50.7 Å². The molecule has 4 nitrogen and oxygen atoms in total. The maximum atomic E-state index is 12.1. The average molecular weight is 277 g/mol. The highest BCUT2D eigenvalue weighted by atomic mass is 16.1. The Morgan fingerprint density at radius 3 is 2.71 bits per heavy atom. The molecule has 3 rings (SSSR count). The molecule has 2 aromatic heterocycles. The van der Waals surface area contributed by atoms with Crippen molar-refractivity contribution in [2.45, 2.75) is 6.92 Å². The van der Waals surface area contributed by atoms with E-state index in [-0.39, 0.29) is 5.78 Å². The number of carbonyl (C=O) groups is 1. The molecule has 0 saturated carbocycles. The summed E-state index contributed by atoms with van der Waals surface area (Å²) in [6.07, 6.45) is 6.87. The lowest BCUT2D eigenvalue weighted by atomic mass is 10.2. The normalized spacial score (nSPS) is 11.1. The van der Waals surface area contributed by atoms with E-state index in [1.165, 1.54) is 11.6 Å². The van der Waals surface area contributed by atoms with E-state index >= 15 is 0 Å². The first kappa shape index (κ1) is 13.1. The van der Waals surface area contributed by atoms with E-state index in [0.29, 0.717) is 5.69 Å². The van der Waals surface area contributed by atoms with Crippen LogP contribution in [0.4, 0.5) is 0 Å². The lowest BCUT2D eigenvalue weighted by Crippen LogP contribution is -2.00. The fourth-order valence-corrected chi connectivity index (χ4v) is 2.00. The number of aromatic nitrogens is 3. The number of hydrogen-bond acceptors (Lipinski definition) is 2. The number of aromatic amines is 1. The van der Waals surface area contributed by atoms with Crippen LogP contribution in [0.3, 0.4) is 0 Å². The van der Waals surface area contributed by atoms with E-state index in [2.05, 4.69) is 10.1 Å². The van der Waals surface area contributed by atoms with Gasteiger partial charge in [0.15, 0.2) is 0 Å². The first-order chi connectivity index (χ1) is 10.2. The smallest absolute Gasteiger partial charge is 0.206 e. The Hall–Kier alpha value is -2.88. The predicted octanol–water partition coefficient (Wildman–Crippen LogP) is 3.40. The lowest BCUT2D eigenvalue weighted by Gasteiger charge is -2.00. The minimum absolute atomic E-state index is 0.115. The fraction of sp³-hybridized carbons (Fsp3) is 0.0588. The number of carbonyl (C=O) groups excluding carboxylic acids is 1. The Morgan fingerprint density at radius 1 is 1.19 bits per heavy atom. The minimum atomic E-state index is -0.115. The third-order valence-corrected chi connectivity index (χ3v) is 3.18. The molecule has 0 radical (unpaired) electrons. The van der Waals surface area contributed by atoms with Crippen molar-refractivity contribution in [3.8, 4) is 5.69 Å². The number of nitrogens with zero attached hydrogens (tertiary/aromatic N) is 2. The van der Waals surface area contributed by atoms with Crippen molar-refractivity contribution in [3.05, 3.63) is 77.9 Å². The van der Waals surface area contributed by atoms with E-state index in [1.54, 1.807) is 23.0 Å². The second kappa shape index (κ2) is 5.63. The standard InChI is InChI=1S/C17H15N3O/c1-13-4-7-15(8-5-13)20-12-10-16(19-20)17(21)9-6-14-3-2-11-18-14/h2-12,18H,1H3/b9-6+. The Morgan fingerprint density at radius 2 is 2.00 bits per heavy atom. The van der Waals surface area contributed by atoms with Crippen LogP contribution in [0.25, 0.3) is 11.8 Å². The monoisotopic (exact) mass is 277 g/mol. The van der Waals surface area contributed by atoms with Gasteiger partial charge in [-0.3, -0.25) is 4.79 Å². The highest BCUT2D eigenvalue weighted by molar-refractivity contribution is 6.05. The van der Waals surface area contributed by atoms with E-state index in [0.717, 1.165) is 11.4 Å². The third-order valence-electron chi connectivity index (χ3n) is 3.18. The number of ketones is 1. The number of aryl methyl sites for hydroxylation is 1. The molecule has 104 valence electrons. The highest BCUT2D eigenvalue weighted by Gasteiger charge is 2.07. The highest BCUT2D eigenvalue weighted by Crippen LogP contribution is 2.10. The summed E-state index contributed by atoms with van der Waals surface area (Å²) in [5.74, 6) is -0.115. The van der Waals surface area contributed by atoms with Gasteiger partial charge in [0.2, 0.25) is 5.78 Å². The van der Waals surface area contributed by atoms with Gasteiger partial charge in [0, 0.05) is 18.1 Å². The van der Waals surface area contributed by atoms with Gasteiger partial charge in [-0.1, -0.05) is 17.7 Å². The van der Waals surface area contributed by atoms with Gasteiger partial charge in [0.25, 0.3) is 0 Å². The summed E-state index contributed by atoms with van der Waals surface area (Å²) in [7, 11) is 0. The number of hydrogen-bond donors (Lipinski definition) is 1. The Balaban J connectivity index is 1.78. The third kappa shape index (κ3) is 3.00. The number of rotatable bonds is 4. The lowest BCUT2D eigenvalue weighted by molar-refractivity contribution is 0.104. The molecule has 0 spiro atoms. The van der Waals surface area contributed by atoms with Crippen molar-refractivity contribution in [1.29, 1.82) is 0 Å². The van der Waals surface area contributed by atoms with Gasteiger partial charge in [-0.05, 0) is 49.4 Å². The molecule has 0 aliphatic rings. The number of benzene rings is 1. The molecule has 1 aromatic carbocycles. The number of allylic oxidation sites excluding steroid dienone is 1. The Bertz CT molecular complexity index is 765. The molecular weight excluding hydrogens is 262 g/mol. The van der Waals surface area contributed by atoms with E-state index < -0.39 is 0 Å². The van der Waals surface area contributed by atoms with Crippen LogP contribution in [0.1, 0.15) is 21.7 Å². The van der Waals surface area contributed by atoms with Crippen molar-refractivity contribution in [2.24, 2.45) is 0 Å². The molecule has 0 unspecified atom stereocenters. The van der Waals surface area contributed by atoms with Gasteiger partial charge in [-0.2, -0.15) is 5.10 Å². The van der Waals surface area contributed by atoms with Crippen LogP contribution in [-0.2, 0) is 0 Å². The predicted molar refractivity (Wildman–Crippen MR) is 82.5 cm³/mol. The van der Waals surface area contributed by atoms with Crippen LogP contribution in [0.15, 0.2) is 60.9 Å². The molecule has 0 saturated heterocycles. The van der Waals surface area contributed by atoms with Gasteiger partial charge < -0.3 is 4.98 Å². The summed E-state index contributed by atoms with van der Waals surface area (Å²) in [5, 5.41) is 4.32. The number of H-pyrrole nitrogens is 1. The maximum Gasteiger partial charge on any atom is 0.206 e. The molecule has 0 bridgehead atoms. The summed E-state index contributed by atoms with van der Waals surface area (Å²) in [5.41, 5.74) is 3.45. The van der Waals surface area contributed by atoms with Crippen molar-refractivity contribution in [1.82, 2.24) is 14.8 Å². The van der Waals surface area contributed by atoms with Crippen molar-refractivity contribution in [3.63, 3.8) is 0 Å². The molecule has 0 aliphatic heterocycles. The largest absolute Gasteiger partial charge is 0.362 e. The quantitative estimate of drug-likeness (QED) is 0.587. The Kier molecular flexibility index (Phi) is 3.51. The van der Waals surface area contributed by atoms with E-state index in [9.17, 15) is 4.79 Å². The summed E-state index contributed by atoms with van der Waals surface area (Å²) in [4.78, 5) is 15.1. The van der Waals surface area contributed by atoms with Crippen LogP contribution in [0.2, 0.25) is 0 Å². The second-order valence-corrected chi connectivity index (χ2v) is 4.80. The molecule has 4 heteroatoms. The van der Waals surface area contributed by atoms with Gasteiger partial charge in [-0.25, -0.2) is 4.68 Å². The van der Waals surface area contributed by atoms with Gasteiger partial charge in [0.05, 0.1) is 5.69 Å². The van der Waals surface area contributed by atoms with Crippen LogP contribution in [0, 0.1) is 6.92 Å². The molecule has 3 aromatic rings. The summed E-state index contributed by atoms with van der Waals surface area (Å²) in [6.45, 7) is 2.03. The molecule has 0 amide bonds. The fourth-order valence-electron chi connectivity index (χ4n) is 2.00.